The number of fused-ring (bicyclic) bond motifs is 1. The fraction of sp³-hybridized carbons (Fsp3) is 0.222. The number of thiazole rings is 1. The van der Waals surface area contributed by atoms with Gasteiger partial charge in [-0.3, -0.25) is 4.79 Å². The predicted molar refractivity (Wildman–Crippen MR) is 140 cm³/mol. The summed E-state index contributed by atoms with van der Waals surface area (Å²) in [6, 6.07) is 18.6. The lowest BCUT2D eigenvalue weighted by Crippen LogP contribution is -2.42. The van der Waals surface area contributed by atoms with Gasteiger partial charge in [-0.2, -0.15) is 0 Å². The lowest BCUT2D eigenvalue weighted by Gasteiger charge is -2.24. The van der Waals surface area contributed by atoms with E-state index in [-0.39, 0.29) is 19.2 Å². The fourth-order valence-electron chi connectivity index (χ4n) is 3.73. The van der Waals surface area contributed by atoms with E-state index in [4.69, 9.17) is 0 Å². The van der Waals surface area contributed by atoms with Gasteiger partial charge >= 0.3 is 5.97 Å². The van der Waals surface area contributed by atoms with E-state index in [1.807, 2.05) is 43.3 Å². The second kappa shape index (κ2) is 11.1. The monoisotopic (exact) mass is 493 g/mol. The number of carboxylic acids is 1. The van der Waals surface area contributed by atoms with E-state index < -0.39 is 12.0 Å². The minimum absolute atomic E-state index is 0. The third-order valence-electron chi connectivity index (χ3n) is 5.59. The maximum absolute atomic E-state index is 13.4. The van der Waals surface area contributed by atoms with Gasteiger partial charge in [0.1, 0.15) is 11.9 Å². The van der Waals surface area contributed by atoms with Gasteiger partial charge in [-0.1, -0.05) is 56.4 Å². The van der Waals surface area contributed by atoms with Crippen molar-refractivity contribution in [2.75, 3.05) is 12.4 Å². The number of hydrogen-bond donors (Lipinski definition) is 2. The van der Waals surface area contributed by atoms with Crippen LogP contribution in [-0.2, 0) is 4.79 Å². The molecule has 0 spiro atoms. The number of anilines is 2. The Balaban J connectivity index is 0.00000342. The SMILES string of the molecule is C.CCC[C@@H](C(=O)O)N(C)C(=O)c1ccc(-c2ccc(Nc3nc4ccc(F)cc4s3)cc2)cc1. The standard InChI is InChI=1S/C26H24FN3O3S.CH4/c1-3-4-22(25(32)33)30(2)24(31)18-7-5-16(6-8-18)17-9-12-20(13-10-17)28-26-29-21-14-11-19(27)15-23(21)34-26;/h5-15,22H,3-4H2,1-2H3,(H,28,29)(H,32,33);1H4/t22-;/m0./s1. The third-order valence-corrected chi connectivity index (χ3v) is 6.52. The Morgan fingerprint density at radius 1 is 1.06 bits per heavy atom. The largest absolute Gasteiger partial charge is 0.480 e. The summed E-state index contributed by atoms with van der Waals surface area (Å²) in [6.45, 7) is 1.89. The molecule has 0 aliphatic heterocycles. The Morgan fingerprint density at radius 2 is 1.69 bits per heavy atom. The highest BCUT2D eigenvalue weighted by atomic mass is 32.1. The van der Waals surface area contributed by atoms with E-state index in [1.54, 1.807) is 18.2 Å². The summed E-state index contributed by atoms with van der Waals surface area (Å²) in [5.41, 5.74) is 3.95. The minimum atomic E-state index is -0.999. The normalized spacial score (nSPS) is 11.5. The molecule has 35 heavy (non-hydrogen) atoms. The first-order valence-corrected chi connectivity index (χ1v) is 11.7. The first kappa shape index (κ1) is 25.8. The van der Waals surface area contributed by atoms with E-state index in [0.717, 1.165) is 27.0 Å². The van der Waals surface area contributed by atoms with Crippen LogP contribution < -0.4 is 5.32 Å². The van der Waals surface area contributed by atoms with Crippen LogP contribution >= 0.6 is 11.3 Å². The van der Waals surface area contributed by atoms with Crippen LogP contribution in [0, 0.1) is 5.82 Å². The van der Waals surface area contributed by atoms with Gasteiger partial charge in [-0.15, -0.1) is 0 Å². The third kappa shape index (κ3) is 5.84. The van der Waals surface area contributed by atoms with Crippen LogP contribution in [0.25, 0.3) is 21.3 Å². The number of carbonyl (C=O) groups excluding carboxylic acids is 1. The summed E-state index contributed by atoms with van der Waals surface area (Å²) >= 11 is 1.39. The number of benzene rings is 3. The molecule has 1 heterocycles. The number of aromatic nitrogens is 1. The first-order chi connectivity index (χ1) is 16.4. The second-order valence-electron chi connectivity index (χ2n) is 7.97. The molecule has 6 nitrogen and oxygen atoms in total. The molecule has 1 atom stereocenters. The first-order valence-electron chi connectivity index (χ1n) is 10.9. The zero-order valence-electron chi connectivity index (χ0n) is 18.8. The van der Waals surface area contributed by atoms with Gasteiger partial charge in [-0.05, 0) is 60.0 Å². The molecule has 4 aromatic rings. The van der Waals surface area contributed by atoms with E-state index in [2.05, 4.69) is 10.3 Å². The molecule has 0 bridgehead atoms. The summed E-state index contributed by atoms with van der Waals surface area (Å²) < 4.78 is 14.2. The molecule has 182 valence electrons. The molecule has 0 fully saturated rings. The van der Waals surface area contributed by atoms with Gasteiger partial charge in [0.05, 0.1) is 10.2 Å². The number of aliphatic carboxylic acids is 1. The van der Waals surface area contributed by atoms with E-state index in [0.29, 0.717) is 23.5 Å². The van der Waals surface area contributed by atoms with Crippen molar-refractivity contribution in [2.45, 2.75) is 33.2 Å². The van der Waals surface area contributed by atoms with Crippen molar-refractivity contribution >= 4 is 44.2 Å². The predicted octanol–water partition coefficient (Wildman–Crippen LogP) is 6.81. The van der Waals surface area contributed by atoms with Gasteiger partial charge in [0.25, 0.3) is 5.91 Å². The van der Waals surface area contributed by atoms with Crippen molar-refractivity contribution in [1.29, 1.82) is 0 Å². The number of rotatable bonds is 8. The van der Waals surface area contributed by atoms with E-state index in [1.165, 1.54) is 35.4 Å². The summed E-state index contributed by atoms with van der Waals surface area (Å²) in [7, 11) is 1.53. The van der Waals surface area contributed by atoms with Gasteiger partial charge in [0, 0.05) is 18.3 Å². The molecule has 8 heteroatoms. The highest BCUT2D eigenvalue weighted by Crippen LogP contribution is 2.30. The Morgan fingerprint density at radius 3 is 2.29 bits per heavy atom. The number of nitrogens with zero attached hydrogens (tertiary/aromatic N) is 2. The number of likely N-dealkylation sites (N-methyl/N-ethyl adjacent to an activating group) is 1. The van der Waals surface area contributed by atoms with Crippen molar-refractivity contribution in [3.8, 4) is 11.1 Å². The van der Waals surface area contributed by atoms with Gasteiger partial charge in [0.15, 0.2) is 5.13 Å². The molecule has 1 amide bonds. The van der Waals surface area contributed by atoms with Crippen LogP contribution in [0.2, 0.25) is 0 Å². The Kier molecular flexibility index (Phi) is 8.19. The topological polar surface area (TPSA) is 82.5 Å². The van der Waals surface area contributed by atoms with Crippen molar-refractivity contribution in [3.63, 3.8) is 0 Å². The van der Waals surface area contributed by atoms with Gasteiger partial charge < -0.3 is 15.3 Å². The Bertz CT molecular complexity index is 1320. The fourth-order valence-corrected chi connectivity index (χ4v) is 4.64. The van der Waals surface area contributed by atoms with E-state index >= 15 is 0 Å². The quantitative estimate of drug-likeness (QED) is 0.282. The number of amides is 1. The molecule has 0 aliphatic rings. The van der Waals surface area contributed by atoms with Crippen LogP contribution in [0.15, 0.2) is 66.7 Å². The van der Waals surface area contributed by atoms with Crippen molar-refractivity contribution in [3.05, 3.63) is 78.1 Å². The number of carboxylic acid groups (broad SMARTS) is 1. The molecule has 0 aliphatic carbocycles. The number of hydrogen-bond acceptors (Lipinski definition) is 5. The molecule has 0 radical (unpaired) electrons. The maximum atomic E-state index is 13.4. The highest BCUT2D eigenvalue weighted by Gasteiger charge is 2.26. The molecule has 0 saturated carbocycles. The number of carbonyl (C=O) groups is 2. The maximum Gasteiger partial charge on any atom is 0.326 e. The molecule has 3 aromatic carbocycles. The molecule has 1 aromatic heterocycles. The average molecular weight is 494 g/mol. The zero-order chi connectivity index (χ0) is 24.2. The number of halogens is 1. The second-order valence-corrected chi connectivity index (χ2v) is 9.00. The Hall–Kier alpha value is -3.78. The molecule has 2 N–H and O–H groups in total. The van der Waals surface area contributed by atoms with Crippen LogP contribution in [0.5, 0.6) is 0 Å². The van der Waals surface area contributed by atoms with Crippen LogP contribution in [0.4, 0.5) is 15.2 Å². The smallest absolute Gasteiger partial charge is 0.326 e. The molecule has 0 saturated heterocycles. The van der Waals surface area contributed by atoms with Crippen molar-refractivity contribution < 1.29 is 19.1 Å². The summed E-state index contributed by atoms with van der Waals surface area (Å²) in [5, 5.41) is 13.3. The lowest BCUT2D eigenvalue weighted by molar-refractivity contribution is -0.142. The summed E-state index contributed by atoms with van der Waals surface area (Å²) in [6.07, 6.45) is 1.08. The summed E-state index contributed by atoms with van der Waals surface area (Å²) in [4.78, 5) is 30.0. The van der Waals surface area contributed by atoms with E-state index in [9.17, 15) is 19.1 Å². The van der Waals surface area contributed by atoms with Crippen LogP contribution in [-0.4, -0.2) is 40.0 Å². The zero-order valence-corrected chi connectivity index (χ0v) is 19.6. The highest BCUT2D eigenvalue weighted by molar-refractivity contribution is 7.22. The van der Waals surface area contributed by atoms with Crippen molar-refractivity contribution in [1.82, 2.24) is 9.88 Å². The van der Waals surface area contributed by atoms with Crippen LogP contribution in [0.3, 0.4) is 0 Å². The lowest BCUT2D eigenvalue weighted by atomic mass is 10.0. The van der Waals surface area contributed by atoms with Gasteiger partial charge in [-0.25, -0.2) is 14.2 Å². The van der Waals surface area contributed by atoms with Crippen molar-refractivity contribution in [2.24, 2.45) is 0 Å². The van der Waals surface area contributed by atoms with Crippen LogP contribution in [0.1, 0.15) is 37.6 Å². The average Bonchev–Trinajstić information content (AvgIpc) is 3.23. The molecular formula is C27H28FN3O3S. The number of nitrogens with one attached hydrogen (secondary N) is 1. The van der Waals surface area contributed by atoms with Gasteiger partial charge in [0.2, 0.25) is 0 Å². The molecular weight excluding hydrogens is 465 g/mol. The summed E-state index contributed by atoms with van der Waals surface area (Å²) in [5.74, 6) is -1.60. The molecule has 4 rings (SSSR count). The molecule has 0 unspecified atom stereocenters. The minimum Gasteiger partial charge on any atom is -0.480 e. The Labute approximate surface area is 208 Å².